The minimum atomic E-state index is -0.666. The molecule has 0 fully saturated rings. The smallest absolute Gasteiger partial charge is 0.305 e. The standard InChI is InChI=1S/C62H121NO5/c1-3-5-7-9-11-13-15-17-27-32-36-40-44-48-52-56-62(67)68-57-53-49-45-41-37-33-29-26-24-22-20-18-19-21-23-25-28-31-35-39-43-47-51-55-61(66)63-59(58-64)60(65)54-50-46-42-38-34-30-16-14-12-10-8-6-4-2/h21,23,59-60,64-65H,3-20,22,24-58H2,1-2H3,(H,63,66)/b23-21-. The van der Waals surface area contributed by atoms with E-state index in [1.807, 2.05) is 0 Å². The molecule has 2 unspecified atom stereocenters. The number of aliphatic hydroxyl groups excluding tert-OH is 2. The summed E-state index contributed by atoms with van der Waals surface area (Å²) in [5, 5.41) is 23.2. The first-order valence-electron chi connectivity index (χ1n) is 30.9. The van der Waals surface area contributed by atoms with Crippen molar-refractivity contribution in [3.05, 3.63) is 12.2 Å². The minimum Gasteiger partial charge on any atom is -0.466 e. The van der Waals surface area contributed by atoms with Crippen molar-refractivity contribution in [2.24, 2.45) is 0 Å². The van der Waals surface area contributed by atoms with E-state index >= 15 is 0 Å². The van der Waals surface area contributed by atoms with Gasteiger partial charge < -0.3 is 20.3 Å². The van der Waals surface area contributed by atoms with Crippen molar-refractivity contribution in [1.82, 2.24) is 5.32 Å². The zero-order valence-corrected chi connectivity index (χ0v) is 46.1. The van der Waals surface area contributed by atoms with Crippen LogP contribution in [-0.2, 0) is 14.3 Å². The number of unbranched alkanes of at least 4 members (excludes halogenated alkanes) is 45. The van der Waals surface area contributed by atoms with Crippen LogP contribution in [-0.4, -0.2) is 47.4 Å². The van der Waals surface area contributed by atoms with E-state index in [-0.39, 0.29) is 18.5 Å². The molecule has 0 aromatic rings. The van der Waals surface area contributed by atoms with Gasteiger partial charge in [0.05, 0.1) is 25.4 Å². The second kappa shape index (κ2) is 58.2. The predicted molar refractivity (Wildman–Crippen MR) is 297 cm³/mol. The largest absolute Gasteiger partial charge is 0.466 e. The summed E-state index contributed by atoms with van der Waals surface area (Å²) in [6.45, 7) is 4.97. The van der Waals surface area contributed by atoms with E-state index in [1.165, 1.54) is 276 Å². The molecule has 6 nitrogen and oxygen atoms in total. The van der Waals surface area contributed by atoms with Gasteiger partial charge in [-0.1, -0.05) is 296 Å². The molecule has 0 saturated heterocycles. The zero-order valence-electron chi connectivity index (χ0n) is 46.1. The summed E-state index contributed by atoms with van der Waals surface area (Å²) in [4.78, 5) is 24.5. The second-order valence-corrected chi connectivity index (χ2v) is 21.4. The molecule has 0 rings (SSSR count). The van der Waals surface area contributed by atoms with Crippen molar-refractivity contribution in [1.29, 1.82) is 0 Å². The highest BCUT2D eigenvalue weighted by Gasteiger charge is 2.20. The van der Waals surface area contributed by atoms with E-state index in [2.05, 4.69) is 31.3 Å². The van der Waals surface area contributed by atoms with Gasteiger partial charge in [-0.3, -0.25) is 9.59 Å². The van der Waals surface area contributed by atoms with Crippen LogP contribution in [0.5, 0.6) is 0 Å². The van der Waals surface area contributed by atoms with E-state index in [9.17, 15) is 19.8 Å². The molecular weight excluding hydrogens is 839 g/mol. The van der Waals surface area contributed by atoms with Crippen LogP contribution in [0.15, 0.2) is 12.2 Å². The van der Waals surface area contributed by atoms with Crippen molar-refractivity contribution < 1.29 is 24.5 Å². The molecule has 0 aliphatic carbocycles. The quantitative estimate of drug-likeness (QED) is 0.0321. The number of rotatable bonds is 58. The summed E-state index contributed by atoms with van der Waals surface area (Å²) in [6.07, 6.45) is 69.3. The molecule has 6 heteroatoms. The number of allylic oxidation sites excluding steroid dienone is 2. The first kappa shape index (κ1) is 66.6. The van der Waals surface area contributed by atoms with E-state index in [0.717, 1.165) is 38.5 Å². The lowest BCUT2D eigenvalue weighted by Crippen LogP contribution is -2.45. The van der Waals surface area contributed by atoms with E-state index < -0.39 is 12.1 Å². The topological polar surface area (TPSA) is 95.9 Å². The number of amides is 1. The number of hydrogen-bond donors (Lipinski definition) is 3. The highest BCUT2D eigenvalue weighted by molar-refractivity contribution is 5.76. The van der Waals surface area contributed by atoms with Crippen LogP contribution in [0.2, 0.25) is 0 Å². The highest BCUT2D eigenvalue weighted by atomic mass is 16.5. The Kier molecular flexibility index (Phi) is 57.0. The first-order valence-corrected chi connectivity index (χ1v) is 30.9. The van der Waals surface area contributed by atoms with Gasteiger partial charge in [-0.25, -0.2) is 0 Å². The fraction of sp³-hybridized carbons (Fsp3) is 0.935. The van der Waals surface area contributed by atoms with Crippen molar-refractivity contribution >= 4 is 11.9 Å². The Balaban J connectivity index is 3.38. The summed E-state index contributed by atoms with van der Waals surface area (Å²) in [5.74, 6) is -0.0248. The van der Waals surface area contributed by atoms with Gasteiger partial charge in [-0.05, 0) is 51.4 Å². The Bertz CT molecular complexity index is 1020. The number of carbonyl (C=O) groups is 2. The third-order valence-electron chi connectivity index (χ3n) is 14.6. The van der Waals surface area contributed by atoms with Crippen LogP contribution in [0, 0.1) is 0 Å². The number of esters is 1. The fourth-order valence-corrected chi connectivity index (χ4v) is 9.81. The van der Waals surface area contributed by atoms with Gasteiger partial charge in [-0.2, -0.15) is 0 Å². The third kappa shape index (κ3) is 53.9. The van der Waals surface area contributed by atoms with Crippen molar-refractivity contribution in [2.45, 2.75) is 360 Å². The number of hydrogen-bond acceptors (Lipinski definition) is 5. The Labute approximate surface area is 425 Å². The van der Waals surface area contributed by atoms with Gasteiger partial charge in [0.2, 0.25) is 5.91 Å². The number of nitrogens with one attached hydrogen (secondary N) is 1. The number of carbonyl (C=O) groups excluding carboxylic acids is 2. The maximum Gasteiger partial charge on any atom is 0.305 e. The molecule has 0 aliphatic heterocycles. The zero-order chi connectivity index (χ0) is 49.3. The maximum absolute atomic E-state index is 12.5. The Morgan fingerprint density at radius 2 is 0.691 bits per heavy atom. The van der Waals surface area contributed by atoms with E-state index in [0.29, 0.717) is 25.9 Å². The molecule has 0 saturated carbocycles. The maximum atomic E-state index is 12.5. The molecule has 0 radical (unpaired) electrons. The molecular formula is C62H121NO5. The molecule has 0 aromatic carbocycles. The van der Waals surface area contributed by atoms with Gasteiger partial charge in [0.25, 0.3) is 0 Å². The van der Waals surface area contributed by atoms with Gasteiger partial charge in [0.15, 0.2) is 0 Å². The van der Waals surface area contributed by atoms with Gasteiger partial charge in [0, 0.05) is 12.8 Å². The summed E-state index contributed by atoms with van der Waals surface area (Å²) in [5.41, 5.74) is 0. The first-order chi connectivity index (χ1) is 33.5. The van der Waals surface area contributed by atoms with Crippen LogP contribution >= 0.6 is 0 Å². The molecule has 2 atom stereocenters. The van der Waals surface area contributed by atoms with Crippen LogP contribution in [0.25, 0.3) is 0 Å². The van der Waals surface area contributed by atoms with Crippen LogP contribution in [0.1, 0.15) is 348 Å². The van der Waals surface area contributed by atoms with Gasteiger partial charge in [-0.15, -0.1) is 0 Å². The molecule has 68 heavy (non-hydrogen) atoms. The van der Waals surface area contributed by atoms with Crippen LogP contribution in [0.4, 0.5) is 0 Å². The van der Waals surface area contributed by atoms with E-state index in [4.69, 9.17) is 4.74 Å². The molecule has 0 bridgehead atoms. The monoisotopic (exact) mass is 960 g/mol. The molecule has 404 valence electrons. The molecule has 0 aliphatic rings. The van der Waals surface area contributed by atoms with Crippen molar-refractivity contribution in [3.63, 3.8) is 0 Å². The molecule has 0 heterocycles. The third-order valence-corrected chi connectivity index (χ3v) is 14.6. The van der Waals surface area contributed by atoms with Crippen molar-refractivity contribution in [2.75, 3.05) is 13.2 Å². The Morgan fingerprint density at radius 3 is 1.04 bits per heavy atom. The van der Waals surface area contributed by atoms with Crippen LogP contribution in [0.3, 0.4) is 0 Å². The molecule has 3 N–H and O–H groups in total. The Hall–Kier alpha value is -1.40. The van der Waals surface area contributed by atoms with Crippen molar-refractivity contribution in [3.8, 4) is 0 Å². The Morgan fingerprint density at radius 1 is 0.397 bits per heavy atom. The summed E-state index contributed by atoms with van der Waals surface area (Å²) < 4.78 is 5.49. The molecule has 0 spiro atoms. The summed E-state index contributed by atoms with van der Waals surface area (Å²) in [7, 11) is 0. The fourth-order valence-electron chi connectivity index (χ4n) is 9.81. The van der Waals surface area contributed by atoms with E-state index in [1.54, 1.807) is 0 Å². The molecule has 0 aromatic heterocycles. The second-order valence-electron chi connectivity index (χ2n) is 21.4. The average Bonchev–Trinajstić information content (AvgIpc) is 3.34. The lowest BCUT2D eigenvalue weighted by Gasteiger charge is -2.22. The SMILES string of the molecule is CCCCCCCCCCCCCCCCCC(=O)OCCCCCCCCCCCCCC/C=C\CCCCCCCCCC(=O)NC(CO)C(O)CCCCCCCCCCCCCCC. The summed E-state index contributed by atoms with van der Waals surface area (Å²) >= 11 is 0. The predicted octanol–water partition coefficient (Wildman–Crippen LogP) is 19.2. The lowest BCUT2D eigenvalue weighted by molar-refractivity contribution is -0.143. The molecule has 1 amide bonds. The highest BCUT2D eigenvalue weighted by Crippen LogP contribution is 2.18. The van der Waals surface area contributed by atoms with Gasteiger partial charge >= 0.3 is 5.97 Å². The minimum absolute atomic E-state index is 0.0150. The number of ether oxygens (including phenoxy) is 1. The normalized spacial score (nSPS) is 12.6. The average molecular weight is 961 g/mol. The van der Waals surface area contributed by atoms with Gasteiger partial charge in [0.1, 0.15) is 0 Å². The summed E-state index contributed by atoms with van der Waals surface area (Å²) in [6, 6.07) is -0.544. The lowest BCUT2D eigenvalue weighted by atomic mass is 10.0. The number of aliphatic hydroxyl groups is 2. The van der Waals surface area contributed by atoms with Crippen LogP contribution < -0.4 is 5.32 Å².